The predicted octanol–water partition coefficient (Wildman–Crippen LogP) is 1.83. The van der Waals surface area contributed by atoms with Crippen LogP contribution in [0.2, 0.25) is 0 Å². The van der Waals surface area contributed by atoms with E-state index in [-0.39, 0.29) is 12.0 Å². The van der Waals surface area contributed by atoms with Gasteiger partial charge in [-0.25, -0.2) is 0 Å². The second-order valence-corrected chi connectivity index (χ2v) is 4.82. The molecule has 0 bridgehead atoms. The molecule has 1 unspecified atom stereocenters. The molecule has 18 heavy (non-hydrogen) atoms. The number of nitrogens with zero attached hydrogens (tertiary/aromatic N) is 1. The number of anilines is 1. The number of nitrogen functional groups attached to an aromatic ring is 1. The number of benzene rings is 1. The molecule has 1 atom stereocenters. The first-order chi connectivity index (χ1) is 8.59. The molecule has 2 N–H and O–H groups in total. The number of para-hydroxylation sites is 1. The van der Waals surface area contributed by atoms with E-state index in [1.54, 1.807) is 6.07 Å². The van der Waals surface area contributed by atoms with Crippen molar-refractivity contribution in [1.82, 2.24) is 4.90 Å². The number of nitrogens with two attached hydrogens (primary N) is 1. The average molecular weight is 248 g/mol. The molecule has 4 heteroatoms. The van der Waals surface area contributed by atoms with Gasteiger partial charge in [0.2, 0.25) is 0 Å². The Balaban J connectivity index is 2.22. The quantitative estimate of drug-likeness (QED) is 0.771. The van der Waals surface area contributed by atoms with Crippen LogP contribution in [-0.4, -0.2) is 36.6 Å². The highest BCUT2D eigenvalue weighted by molar-refractivity contribution is 5.99. The number of aryl methyl sites for hydroxylation is 1. The number of hydrogen-bond acceptors (Lipinski definition) is 3. The Morgan fingerprint density at radius 2 is 2.28 bits per heavy atom. The molecule has 1 aromatic carbocycles. The summed E-state index contributed by atoms with van der Waals surface area (Å²) in [7, 11) is 0. The van der Waals surface area contributed by atoms with Crippen LogP contribution in [-0.2, 0) is 4.74 Å². The molecule has 0 spiro atoms. The third-order valence-corrected chi connectivity index (χ3v) is 3.29. The van der Waals surface area contributed by atoms with Crippen LogP contribution in [0.3, 0.4) is 0 Å². The van der Waals surface area contributed by atoms with E-state index in [0.29, 0.717) is 24.4 Å². The van der Waals surface area contributed by atoms with Crippen molar-refractivity contribution >= 4 is 11.6 Å². The molecular weight excluding hydrogens is 228 g/mol. The fraction of sp³-hybridized carbons (Fsp3) is 0.500. The van der Waals surface area contributed by atoms with Gasteiger partial charge >= 0.3 is 0 Å². The fourth-order valence-corrected chi connectivity index (χ4v) is 2.22. The zero-order valence-corrected chi connectivity index (χ0v) is 11.0. The minimum Gasteiger partial charge on any atom is -0.398 e. The number of ether oxygens (including phenoxy) is 1. The van der Waals surface area contributed by atoms with Crippen LogP contribution in [0.25, 0.3) is 0 Å². The third-order valence-electron chi connectivity index (χ3n) is 3.29. The fourth-order valence-electron chi connectivity index (χ4n) is 2.22. The van der Waals surface area contributed by atoms with Gasteiger partial charge < -0.3 is 15.4 Å². The van der Waals surface area contributed by atoms with E-state index in [0.717, 1.165) is 18.5 Å². The van der Waals surface area contributed by atoms with Gasteiger partial charge in [0.15, 0.2) is 0 Å². The summed E-state index contributed by atoms with van der Waals surface area (Å²) in [6.45, 7) is 5.99. The largest absolute Gasteiger partial charge is 0.398 e. The van der Waals surface area contributed by atoms with Crippen LogP contribution in [0, 0.1) is 6.92 Å². The molecule has 4 nitrogen and oxygen atoms in total. The van der Waals surface area contributed by atoms with Crippen LogP contribution in [0.15, 0.2) is 18.2 Å². The number of carbonyl (C=O) groups excluding carboxylic acids is 1. The standard InChI is InChI=1S/C14H20N2O2/c1-10-5-3-6-12(13(10)15)14(17)16-7-4-8-18-11(2)9-16/h3,5-6,11H,4,7-9,15H2,1-2H3. The highest BCUT2D eigenvalue weighted by atomic mass is 16.5. The molecule has 1 amide bonds. The first kappa shape index (κ1) is 12.9. The van der Waals surface area contributed by atoms with Crippen molar-refractivity contribution in [1.29, 1.82) is 0 Å². The molecule has 2 rings (SSSR count). The van der Waals surface area contributed by atoms with Crippen molar-refractivity contribution in [3.63, 3.8) is 0 Å². The van der Waals surface area contributed by atoms with Crippen LogP contribution < -0.4 is 5.73 Å². The van der Waals surface area contributed by atoms with E-state index < -0.39 is 0 Å². The number of rotatable bonds is 1. The van der Waals surface area contributed by atoms with Crippen LogP contribution in [0.1, 0.15) is 29.3 Å². The van der Waals surface area contributed by atoms with Crippen molar-refractivity contribution in [3.05, 3.63) is 29.3 Å². The molecule has 1 aliphatic rings. The zero-order chi connectivity index (χ0) is 13.1. The monoisotopic (exact) mass is 248 g/mol. The van der Waals surface area contributed by atoms with Crippen LogP contribution in [0.4, 0.5) is 5.69 Å². The maximum atomic E-state index is 12.5. The van der Waals surface area contributed by atoms with Crippen LogP contribution in [0.5, 0.6) is 0 Å². The third kappa shape index (κ3) is 2.64. The summed E-state index contributed by atoms with van der Waals surface area (Å²) in [6.07, 6.45) is 0.962. The molecule has 1 saturated heterocycles. The average Bonchev–Trinajstić information content (AvgIpc) is 2.56. The summed E-state index contributed by atoms with van der Waals surface area (Å²) in [5.41, 5.74) is 8.11. The van der Waals surface area contributed by atoms with Crippen molar-refractivity contribution in [2.45, 2.75) is 26.4 Å². The molecule has 1 aromatic rings. The Morgan fingerprint density at radius 3 is 3.06 bits per heavy atom. The maximum Gasteiger partial charge on any atom is 0.256 e. The number of hydrogen-bond donors (Lipinski definition) is 1. The zero-order valence-electron chi connectivity index (χ0n) is 11.0. The van der Waals surface area contributed by atoms with Crippen molar-refractivity contribution in [2.24, 2.45) is 0 Å². The molecular formula is C14H20N2O2. The highest BCUT2D eigenvalue weighted by Crippen LogP contribution is 2.19. The summed E-state index contributed by atoms with van der Waals surface area (Å²) in [5.74, 6) is 0.00792. The van der Waals surface area contributed by atoms with Gasteiger partial charge in [0.1, 0.15) is 0 Å². The first-order valence-electron chi connectivity index (χ1n) is 6.35. The van der Waals surface area contributed by atoms with E-state index in [4.69, 9.17) is 10.5 Å². The van der Waals surface area contributed by atoms with Gasteiger partial charge in [0.05, 0.1) is 11.7 Å². The first-order valence-corrected chi connectivity index (χ1v) is 6.35. The number of carbonyl (C=O) groups is 1. The van der Waals surface area contributed by atoms with Gasteiger partial charge in [0, 0.05) is 25.4 Å². The Kier molecular flexibility index (Phi) is 3.87. The van der Waals surface area contributed by atoms with Gasteiger partial charge in [-0.2, -0.15) is 0 Å². The van der Waals surface area contributed by atoms with Gasteiger partial charge in [0.25, 0.3) is 5.91 Å². The smallest absolute Gasteiger partial charge is 0.256 e. The SMILES string of the molecule is Cc1cccc(C(=O)N2CCCOC(C)C2)c1N. The molecule has 0 radical (unpaired) electrons. The van der Waals surface area contributed by atoms with Crippen molar-refractivity contribution in [3.8, 4) is 0 Å². The minimum atomic E-state index is 0.00792. The molecule has 1 heterocycles. The summed E-state index contributed by atoms with van der Waals surface area (Å²) in [6, 6.07) is 5.58. The van der Waals surface area contributed by atoms with Gasteiger partial charge in [-0.3, -0.25) is 4.79 Å². The van der Waals surface area contributed by atoms with Crippen molar-refractivity contribution in [2.75, 3.05) is 25.4 Å². The lowest BCUT2D eigenvalue weighted by atomic mass is 10.1. The van der Waals surface area contributed by atoms with Gasteiger partial charge in [-0.15, -0.1) is 0 Å². The molecule has 0 aromatic heterocycles. The maximum absolute atomic E-state index is 12.5. The Hall–Kier alpha value is -1.55. The Labute approximate surface area is 108 Å². The predicted molar refractivity (Wildman–Crippen MR) is 71.5 cm³/mol. The Bertz CT molecular complexity index is 445. The van der Waals surface area contributed by atoms with E-state index in [1.165, 1.54) is 0 Å². The minimum absolute atomic E-state index is 0.00792. The lowest BCUT2D eigenvalue weighted by molar-refractivity contribution is 0.0563. The van der Waals surface area contributed by atoms with E-state index in [9.17, 15) is 4.79 Å². The molecule has 1 aliphatic heterocycles. The molecule has 0 saturated carbocycles. The molecule has 0 aliphatic carbocycles. The molecule has 1 fully saturated rings. The van der Waals surface area contributed by atoms with E-state index in [2.05, 4.69) is 0 Å². The second kappa shape index (κ2) is 5.40. The Morgan fingerprint density at radius 1 is 1.50 bits per heavy atom. The van der Waals surface area contributed by atoms with Crippen LogP contribution >= 0.6 is 0 Å². The molecule has 98 valence electrons. The number of amides is 1. The summed E-state index contributed by atoms with van der Waals surface area (Å²) in [4.78, 5) is 14.3. The van der Waals surface area contributed by atoms with Crippen molar-refractivity contribution < 1.29 is 9.53 Å². The normalized spacial score (nSPS) is 20.6. The summed E-state index contributed by atoms with van der Waals surface area (Å²) >= 11 is 0. The summed E-state index contributed by atoms with van der Waals surface area (Å²) in [5, 5.41) is 0. The lowest BCUT2D eigenvalue weighted by Gasteiger charge is -2.23. The van der Waals surface area contributed by atoms with E-state index >= 15 is 0 Å². The van der Waals surface area contributed by atoms with Gasteiger partial charge in [-0.05, 0) is 31.9 Å². The lowest BCUT2D eigenvalue weighted by Crippen LogP contribution is -2.36. The highest BCUT2D eigenvalue weighted by Gasteiger charge is 2.22. The summed E-state index contributed by atoms with van der Waals surface area (Å²) < 4.78 is 5.55. The topological polar surface area (TPSA) is 55.6 Å². The van der Waals surface area contributed by atoms with Gasteiger partial charge in [-0.1, -0.05) is 12.1 Å². The van der Waals surface area contributed by atoms with E-state index in [1.807, 2.05) is 30.9 Å². The second-order valence-electron chi connectivity index (χ2n) is 4.82.